The second-order valence-corrected chi connectivity index (χ2v) is 6.61. The third kappa shape index (κ3) is 5.07. The number of ether oxygens (including phenoxy) is 1. The zero-order valence-corrected chi connectivity index (χ0v) is 14.8. The number of nitrogens with zero attached hydrogens (tertiary/aromatic N) is 1. The molecule has 0 aromatic heterocycles. The predicted octanol–water partition coefficient (Wildman–Crippen LogP) is 3.22. The molecule has 132 valence electrons. The van der Waals surface area contributed by atoms with Gasteiger partial charge >= 0.3 is 0 Å². The molecule has 1 fully saturated rings. The van der Waals surface area contributed by atoms with Crippen molar-refractivity contribution in [3.63, 3.8) is 0 Å². The van der Waals surface area contributed by atoms with E-state index in [0.29, 0.717) is 6.54 Å². The predicted molar refractivity (Wildman–Crippen MR) is 99.3 cm³/mol. The second kappa shape index (κ2) is 8.67. The minimum absolute atomic E-state index is 0.130. The first-order valence-electron chi connectivity index (χ1n) is 8.91. The van der Waals surface area contributed by atoms with E-state index in [4.69, 9.17) is 4.74 Å². The minimum Gasteiger partial charge on any atom is -0.497 e. The molecule has 0 radical (unpaired) electrons. The van der Waals surface area contributed by atoms with Gasteiger partial charge in [0.25, 0.3) is 0 Å². The van der Waals surface area contributed by atoms with Crippen LogP contribution in [0, 0.1) is 5.92 Å². The molecule has 0 atom stereocenters. The van der Waals surface area contributed by atoms with Crippen molar-refractivity contribution in [2.45, 2.75) is 25.9 Å². The van der Waals surface area contributed by atoms with E-state index in [-0.39, 0.29) is 11.8 Å². The molecule has 1 amide bonds. The molecule has 1 saturated heterocycles. The van der Waals surface area contributed by atoms with Crippen LogP contribution in [0.4, 0.5) is 0 Å². The number of nitrogens with one attached hydrogen (secondary N) is 1. The van der Waals surface area contributed by atoms with Crippen LogP contribution >= 0.6 is 0 Å². The summed E-state index contributed by atoms with van der Waals surface area (Å²) in [5, 5.41) is 3.07. The molecule has 0 unspecified atom stereocenters. The molecule has 2 aromatic rings. The number of carbonyl (C=O) groups is 1. The van der Waals surface area contributed by atoms with Gasteiger partial charge in [0.1, 0.15) is 5.75 Å². The van der Waals surface area contributed by atoms with Gasteiger partial charge in [-0.1, -0.05) is 42.5 Å². The number of hydrogen-bond donors (Lipinski definition) is 1. The first-order valence-corrected chi connectivity index (χ1v) is 8.91. The van der Waals surface area contributed by atoms with E-state index >= 15 is 0 Å². The molecule has 4 heteroatoms. The van der Waals surface area contributed by atoms with Crippen LogP contribution in [-0.2, 0) is 17.9 Å². The minimum atomic E-state index is 0.130. The normalized spacial score (nSPS) is 15.7. The van der Waals surface area contributed by atoms with Crippen molar-refractivity contribution in [1.29, 1.82) is 0 Å². The fraction of sp³-hybridized carbons (Fsp3) is 0.381. The molecular weight excluding hydrogens is 312 g/mol. The zero-order valence-electron chi connectivity index (χ0n) is 14.8. The SMILES string of the molecule is COc1cccc(CN2CCC(C(=O)NCc3ccccc3)CC2)c1. The Hall–Kier alpha value is -2.33. The Morgan fingerprint density at radius 2 is 1.80 bits per heavy atom. The molecular formula is C21H26N2O2. The van der Waals surface area contributed by atoms with Gasteiger partial charge in [-0.15, -0.1) is 0 Å². The summed E-state index contributed by atoms with van der Waals surface area (Å²) in [6, 6.07) is 18.3. The van der Waals surface area contributed by atoms with Crippen LogP contribution in [0.5, 0.6) is 5.75 Å². The average molecular weight is 338 g/mol. The van der Waals surface area contributed by atoms with Gasteiger partial charge < -0.3 is 10.1 Å². The Morgan fingerprint density at radius 1 is 1.08 bits per heavy atom. The van der Waals surface area contributed by atoms with Crippen molar-refractivity contribution in [2.24, 2.45) is 5.92 Å². The maximum atomic E-state index is 12.4. The molecule has 1 aliphatic rings. The molecule has 3 rings (SSSR count). The van der Waals surface area contributed by atoms with E-state index in [0.717, 1.165) is 43.8 Å². The van der Waals surface area contributed by atoms with Crippen LogP contribution in [0.2, 0.25) is 0 Å². The maximum absolute atomic E-state index is 12.4. The highest BCUT2D eigenvalue weighted by Crippen LogP contribution is 2.21. The lowest BCUT2D eigenvalue weighted by Gasteiger charge is -2.31. The molecule has 1 heterocycles. The summed E-state index contributed by atoms with van der Waals surface area (Å²) < 4.78 is 5.28. The first kappa shape index (κ1) is 17.5. The van der Waals surface area contributed by atoms with Crippen LogP contribution in [-0.4, -0.2) is 31.0 Å². The Labute approximate surface area is 149 Å². The molecule has 4 nitrogen and oxygen atoms in total. The average Bonchev–Trinajstić information content (AvgIpc) is 2.67. The summed E-state index contributed by atoms with van der Waals surface area (Å²) in [6.07, 6.45) is 1.84. The van der Waals surface area contributed by atoms with Gasteiger partial charge in [0.05, 0.1) is 7.11 Å². The van der Waals surface area contributed by atoms with Crippen molar-refractivity contribution in [3.8, 4) is 5.75 Å². The van der Waals surface area contributed by atoms with E-state index in [1.54, 1.807) is 7.11 Å². The Bertz CT molecular complexity index is 679. The van der Waals surface area contributed by atoms with Gasteiger partial charge in [-0.2, -0.15) is 0 Å². The smallest absolute Gasteiger partial charge is 0.223 e. The number of carbonyl (C=O) groups excluding carboxylic acids is 1. The summed E-state index contributed by atoms with van der Waals surface area (Å²) in [5.41, 5.74) is 2.40. The van der Waals surface area contributed by atoms with Gasteiger partial charge in [0.2, 0.25) is 5.91 Å². The molecule has 0 saturated carbocycles. The van der Waals surface area contributed by atoms with Gasteiger partial charge in [0, 0.05) is 19.0 Å². The van der Waals surface area contributed by atoms with Crippen molar-refractivity contribution >= 4 is 5.91 Å². The molecule has 1 N–H and O–H groups in total. The first-order chi connectivity index (χ1) is 12.2. The van der Waals surface area contributed by atoms with Gasteiger partial charge in [-0.3, -0.25) is 9.69 Å². The zero-order chi connectivity index (χ0) is 17.5. The van der Waals surface area contributed by atoms with Crippen LogP contribution in [0.25, 0.3) is 0 Å². The van der Waals surface area contributed by atoms with E-state index < -0.39 is 0 Å². The van der Waals surface area contributed by atoms with Gasteiger partial charge in [-0.05, 0) is 49.2 Å². The quantitative estimate of drug-likeness (QED) is 0.879. The van der Waals surface area contributed by atoms with Crippen molar-refractivity contribution in [1.82, 2.24) is 10.2 Å². The summed E-state index contributed by atoms with van der Waals surface area (Å²) in [7, 11) is 1.69. The molecule has 1 aliphatic heterocycles. The Balaban J connectivity index is 1.44. The maximum Gasteiger partial charge on any atom is 0.223 e. The molecule has 2 aromatic carbocycles. The fourth-order valence-corrected chi connectivity index (χ4v) is 3.31. The number of likely N-dealkylation sites (tertiary alicyclic amines) is 1. The largest absolute Gasteiger partial charge is 0.497 e. The second-order valence-electron chi connectivity index (χ2n) is 6.61. The highest BCUT2D eigenvalue weighted by molar-refractivity contribution is 5.78. The summed E-state index contributed by atoms with van der Waals surface area (Å²) in [4.78, 5) is 14.8. The number of benzene rings is 2. The lowest BCUT2D eigenvalue weighted by Crippen LogP contribution is -2.40. The van der Waals surface area contributed by atoms with E-state index in [1.165, 1.54) is 5.56 Å². The summed E-state index contributed by atoms with van der Waals surface area (Å²) in [6.45, 7) is 3.44. The van der Waals surface area contributed by atoms with Crippen LogP contribution in [0.3, 0.4) is 0 Å². The Kier molecular flexibility index (Phi) is 6.07. The topological polar surface area (TPSA) is 41.6 Å². The van der Waals surface area contributed by atoms with E-state index in [9.17, 15) is 4.79 Å². The number of piperidine rings is 1. The van der Waals surface area contributed by atoms with Gasteiger partial charge in [-0.25, -0.2) is 0 Å². The van der Waals surface area contributed by atoms with E-state index in [1.807, 2.05) is 42.5 Å². The van der Waals surface area contributed by atoms with Gasteiger partial charge in [0.15, 0.2) is 0 Å². The molecule has 25 heavy (non-hydrogen) atoms. The molecule has 0 bridgehead atoms. The Morgan fingerprint density at radius 3 is 2.52 bits per heavy atom. The third-order valence-corrected chi connectivity index (χ3v) is 4.81. The summed E-state index contributed by atoms with van der Waals surface area (Å²) in [5.74, 6) is 1.21. The molecule has 0 aliphatic carbocycles. The summed E-state index contributed by atoms with van der Waals surface area (Å²) >= 11 is 0. The standard InChI is InChI=1S/C21H26N2O2/c1-25-20-9-5-8-18(14-20)16-23-12-10-19(11-13-23)21(24)22-15-17-6-3-2-4-7-17/h2-9,14,19H,10-13,15-16H2,1H3,(H,22,24). The van der Waals surface area contributed by atoms with Crippen molar-refractivity contribution in [3.05, 3.63) is 65.7 Å². The fourth-order valence-electron chi connectivity index (χ4n) is 3.31. The molecule has 0 spiro atoms. The lowest BCUT2D eigenvalue weighted by atomic mass is 9.95. The highest BCUT2D eigenvalue weighted by atomic mass is 16.5. The van der Waals surface area contributed by atoms with E-state index in [2.05, 4.69) is 22.3 Å². The monoisotopic (exact) mass is 338 g/mol. The van der Waals surface area contributed by atoms with Crippen molar-refractivity contribution < 1.29 is 9.53 Å². The van der Waals surface area contributed by atoms with Crippen LogP contribution in [0.15, 0.2) is 54.6 Å². The van der Waals surface area contributed by atoms with Crippen LogP contribution < -0.4 is 10.1 Å². The lowest BCUT2D eigenvalue weighted by molar-refractivity contribution is -0.126. The number of hydrogen-bond acceptors (Lipinski definition) is 3. The van der Waals surface area contributed by atoms with Crippen LogP contribution in [0.1, 0.15) is 24.0 Å². The highest BCUT2D eigenvalue weighted by Gasteiger charge is 2.24. The third-order valence-electron chi connectivity index (χ3n) is 4.81. The number of amides is 1. The van der Waals surface area contributed by atoms with Crippen molar-refractivity contribution in [2.75, 3.05) is 20.2 Å². The number of rotatable bonds is 6. The number of methoxy groups -OCH3 is 1.